The van der Waals surface area contributed by atoms with Gasteiger partial charge in [0, 0.05) is 18.7 Å². The molecule has 0 unspecified atom stereocenters. The zero-order valence-electron chi connectivity index (χ0n) is 18.1. The molecule has 0 bridgehead atoms. The fourth-order valence-corrected chi connectivity index (χ4v) is 5.48. The van der Waals surface area contributed by atoms with Gasteiger partial charge in [0.25, 0.3) is 0 Å². The Morgan fingerprint density at radius 1 is 0.875 bits per heavy atom. The van der Waals surface area contributed by atoms with Crippen molar-refractivity contribution >= 4 is 11.4 Å². The molecule has 4 nitrogen and oxygen atoms in total. The summed E-state index contributed by atoms with van der Waals surface area (Å²) in [4.78, 5) is 2.35. The predicted octanol–water partition coefficient (Wildman–Crippen LogP) is 5.24. The number of rotatable bonds is 3. The Balaban J connectivity index is 1.52. The molecule has 0 spiro atoms. The highest BCUT2D eigenvalue weighted by Crippen LogP contribution is 2.46. The third-order valence-electron chi connectivity index (χ3n) is 7.07. The molecule has 5 rings (SSSR count). The number of piperidine rings is 1. The first kappa shape index (κ1) is 20.2. The van der Waals surface area contributed by atoms with Gasteiger partial charge in [0.05, 0.1) is 22.5 Å². The van der Waals surface area contributed by atoms with Crippen molar-refractivity contribution in [2.24, 2.45) is 5.92 Å². The van der Waals surface area contributed by atoms with Gasteiger partial charge in [0.2, 0.25) is 0 Å². The normalized spacial score (nSPS) is 15.4. The zero-order chi connectivity index (χ0) is 22.1. The van der Waals surface area contributed by atoms with Gasteiger partial charge in [-0.15, -0.1) is 0 Å². The standard InChI is InChI=1S/C28H26N4/c29-17-24-26-22-9-5-4-8-21(22)10-11-23(26)28(25(18-30)27(24)31)32-14-12-20(13-15-32)16-19-6-2-1-3-7-19/h1-9,20H,10-16,31H2. The fraction of sp³-hybridized carbons (Fsp3) is 0.286. The van der Waals surface area contributed by atoms with Crippen molar-refractivity contribution in [1.82, 2.24) is 0 Å². The third-order valence-corrected chi connectivity index (χ3v) is 7.07. The lowest BCUT2D eigenvalue weighted by Gasteiger charge is -2.37. The second-order valence-electron chi connectivity index (χ2n) is 8.87. The van der Waals surface area contributed by atoms with Crippen LogP contribution in [0.4, 0.5) is 11.4 Å². The highest BCUT2D eigenvalue weighted by molar-refractivity contribution is 5.92. The van der Waals surface area contributed by atoms with E-state index in [2.05, 4.69) is 59.5 Å². The van der Waals surface area contributed by atoms with Crippen molar-refractivity contribution in [1.29, 1.82) is 10.5 Å². The number of hydrogen-bond donors (Lipinski definition) is 1. The number of nitriles is 2. The molecule has 0 saturated carbocycles. The summed E-state index contributed by atoms with van der Waals surface area (Å²) in [5, 5.41) is 20.0. The molecule has 4 heteroatoms. The summed E-state index contributed by atoms with van der Waals surface area (Å²) >= 11 is 0. The molecule has 1 saturated heterocycles. The van der Waals surface area contributed by atoms with Crippen LogP contribution in [-0.2, 0) is 19.3 Å². The maximum atomic E-state index is 10.0. The molecule has 1 fully saturated rings. The van der Waals surface area contributed by atoms with Crippen LogP contribution in [-0.4, -0.2) is 13.1 Å². The lowest BCUT2D eigenvalue weighted by molar-refractivity contribution is 0.403. The van der Waals surface area contributed by atoms with E-state index in [1.54, 1.807) is 0 Å². The Morgan fingerprint density at radius 2 is 1.56 bits per heavy atom. The number of nitrogen functional groups attached to an aromatic ring is 1. The lowest BCUT2D eigenvalue weighted by Crippen LogP contribution is -2.36. The fourth-order valence-electron chi connectivity index (χ4n) is 5.48. The summed E-state index contributed by atoms with van der Waals surface area (Å²) in [5.41, 5.74) is 14.4. The molecule has 32 heavy (non-hydrogen) atoms. The number of fused-ring (bicyclic) bond motifs is 3. The van der Waals surface area contributed by atoms with Crippen molar-refractivity contribution < 1.29 is 0 Å². The molecule has 0 radical (unpaired) electrons. The van der Waals surface area contributed by atoms with Gasteiger partial charge in [-0.25, -0.2) is 0 Å². The highest BCUT2D eigenvalue weighted by Gasteiger charge is 2.31. The number of hydrogen-bond acceptors (Lipinski definition) is 4. The molecule has 0 amide bonds. The number of aryl methyl sites for hydroxylation is 1. The summed E-state index contributed by atoms with van der Waals surface area (Å²) in [5.74, 6) is 0.645. The van der Waals surface area contributed by atoms with Gasteiger partial charge in [0.15, 0.2) is 0 Å². The van der Waals surface area contributed by atoms with E-state index >= 15 is 0 Å². The van der Waals surface area contributed by atoms with Crippen molar-refractivity contribution in [2.45, 2.75) is 32.1 Å². The second-order valence-corrected chi connectivity index (χ2v) is 8.87. The summed E-state index contributed by atoms with van der Waals surface area (Å²) < 4.78 is 0. The quantitative estimate of drug-likeness (QED) is 0.590. The monoisotopic (exact) mass is 418 g/mol. The van der Waals surface area contributed by atoms with E-state index in [1.165, 1.54) is 11.1 Å². The van der Waals surface area contributed by atoms with E-state index < -0.39 is 0 Å². The van der Waals surface area contributed by atoms with Gasteiger partial charge in [-0.1, -0.05) is 54.6 Å². The molecule has 3 aromatic carbocycles. The topological polar surface area (TPSA) is 76.8 Å². The first-order valence-corrected chi connectivity index (χ1v) is 11.4. The van der Waals surface area contributed by atoms with Crippen LogP contribution < -0.4 is 10.6 Å². The Kier molecular flexibility index (Phi) is 5.29. The van der Waals surface area contributed by atoms with Crippen LogP contribution in [0.2, 0.25) is 0 Å². The van der Waals surface area contributed by atoms with E-state index in [-0.39, 0.29) is 0 Å². The lowest BCUT2D eigenvalue weighted by atomic mass is 9.79. The molecule has 2 N–H and O–H groups in total. The van der Waals surface area contributed by atoms with Crippen molar-refractivity contribution in [3.05, 3.63) is 82.4 Å². The molecular formula is C28H26N4. The maximum Gasteiger partial charge on any atom is 0.104 e. The number of nitrogens with two attached hydrogens (primary N) is 1. The van der Waals surface area contributed by atoms with Gasteiger partial charge in [-0.3, -0.25) is 0 Å². The molecule has 1 aliphatic heterocycles. The van der Waals surface area contributed by atoms with Crippen LogP contribution in [0, 0.1) is 28.6 Å². The summed E-state index contributed by atoms with van der Waals surface area (Å²) in [6.07, 6.45) is 5.02. The summed E-state index contributed by atoms with van der Waals surface area (Å²) in [7, 11) is 0. The molecule has 1 heterocycles. The molecule has 158 valence electrons. The van der Waals surface area contributed by atoms with Crippen LogP contribution in [0.15, 0.2) is 54.6 Å². The number of nitrogens with zero attached hydrogens (tertiary/aromatic N) is 3. The minimum Gasteiger partial charge on any atom is -0.396 e. The maximum absolute atomic E-state index is 10.0. The molecule has 3 aromatic rings. The van der Waals surface area contributed by atoms with Gasteiger partial charge < -0.3 is 10.6 Å². The largest absolute Gasteiger partial charge is 0.396 e. The zero-order valence-corrected chi connectivity index (χ0v) is 18.1. The van der Waals surface area contributed by atoms with Crippen LogP contribution in [0.5, 0.6) is 0 Å². The smallest absolute Gasteiger partial charge is 0.104 e. The molecular weight excluding hydrogens is 392 g/mol. The van der Waals surface area contributed by atoms with Crippen LogP contribution >= 0.6 is 0 Å². The van der Waals surface area contributed by atoms with Crippen LogP contribution in [0.3, 0.4) is 0 Å². The van der Waals surface area contributed by atoms with Gasteiger partial charge in [-0.05, 0) is 60.3 Å². The second kappa shape index (κ2) is 8.40. The Labute approximate surface area is 189 Å². The van der Waals surface area contributed by atoms with E-state index in [0.717, 1.165) is 67.6 Å². The van der Waals surface area contributed by atoms with Gasteiger partial charge in [0.1, 0.15) is 12.1 Å². The van der Waals surface area contributed by atoms with E-state index in [1.807, 2.05) is 12.1 Å². The Bertz CT molecular complexity index is 1240. The predicted molar refractivity (Wildman–Crippen MR) is 128 cm³/mol. The average Bonchev–Trinajstić information content (AvgIpc) is 2.84. The van der Waals surface area contributed by atoms with Crippen LogP contribution in [0.25, 0.3) is 11.1 Å². The number of benzene rings is 3. The van der Waals surface area contributed by atoms with E-state index in [0.29, 0.717) is 22.7 Å². The van der Waals surface area contributed by atoms with E-state index in [4.69, 9.17) is 5.73 Å². The van der Waals surface area contributed by atoms with Gasteiger partial charge >= 0.3 is 0 Å². The minimum absolute atomic E-state index is 0.326. The SMILES string of the molecule is N#Cc1c(N)c(C#N)c(N2CCC(Cc3ccccc3)CC2)c2c1-c1ccccc1CC2. The molecule has 0 atom stereocenters. The summed E-state index contributed by atoms with van der Waals surface area (Å²) in [6.45, 7) is 1.82. The van der Waals surface area contributed by atoms with Crippen LogP contribution in [0.1, 0.15) is 40.7 Å². The Hall–Kier alpha value is -3.76. The minimum atomic E-state index is 0.326. The summed E-state index contributed by atoms with van der Waals surface area (Å²) in [6, 6.07) is 23.6. The number of anilines is 2. The van der Waals surface area contributed by atoms with E-state index in [9.17, 15) is 10.5 Å². The first-order valence-electron chi connectivity index (χ1n) is 11.4. The molecule has 2 aliphatic rings. The first-order chi connectivity index (χ1) is 15.7. The van der Waals surface area contributed by atoms with Crippen molar-refractivity contribution in [3.8, 4) is 23.3 Å². The van der Waals surface area contributed by atoms with Gasteiger partial charge in [-0.2, -0.15) is 10.5 Å². The Morgan fingerprint density at radius 3 is 2.28 bits per heavy atom. The van der Waals surface area contributed by atoms with Crippen molar-refractivity contribution in [3.63, 3.8) is 0 Å². The average molecular weight is 419 g/mol. The van der Waals surface area contributed by atoms with Crippen molar-refractivity contribution in [2.75, 3.05) is 23.7 Å². The highest BCUT2D eigenvalue weighted by atomic mass is 15.1. The molecule has 1 aliphatic carbocycles. The third kappa shape index (κ3) is 3.39. The molecule has 0 aromatic heterocycles.